The molecule has 0 aliphatic heterocycles. The molecule has 6 heteroatoms. The summed E-state index contributed by atoms with van der Waals surface area (Å²) < 4.78 is 0. The van der Waals surface area contributed by atoms with E-state index in [1.54, 1.807) is 24.4 Å². The number of anilines is 1. The van der Waals surface area contributed by atoms with Gasteiger partial charge in [0.25, 0.3) is 0 Å². The molecule has 1 N–H and O–H groups in total. The van der Waals surface area contributed by atoms with Crippen LogP contribution in [0.4, 0.5) is 5.69 Å². The average molecular weight is 400 g/mol. The number of nitriles is 1. The van der Waals surface area contributed by atoms with Crippen molar-refractivity contribution in [2.45, 2.75) is 13.8 Å². The number of aryl methyl sites for hydroxylation is 2. The summed E-state index contributed by atoms with van der Waals surface area (Å²) >= 11 is 13.5. The molecule has 0 unspecified atom stereocenters. The van der Waals surface area contributed by atoms with E-state index in [2.05, 4.69) is 42.4 Å². The molecule has 2 aromatic carbocycles. The van der Waals surface area contributed by atoms with Gasteiger partial charge in [-0.2, -0.15) is 5.26 Å². The molecular weight excluding hydrogens is 385 g/mol. The van der Waals surface area contributed by atoms with Gasteiger partial charge in [-0.1, -0.05) is 35.3 Å². The normalized spacial score (nSPS) is 11.3. The minimum absolute atomic E-state index is 0.441. The molecule has 0 amide bonds. The minimum atomic E-state index is 0.441. The van der Waals surface area contributed by atoms with E-state index < -0.39 is 0 Å². The van der Waals surface area contributed by atoms with Gasteiger partial charge in [0.1, 0.15) is 16.6 Å². The predicted octanol–water partition coefficient (Wildman–Crippen LogP) is 6.71. The SMILES string of the molecule is Cc1ccc(-c2csc(C(C#N)=CNc3ccc(Cl)cc3Cl)n2)cc1C. The molecule has 0 spiro atoms. The zero-order valence-electron chi connectivity index (χ0n) is 14.2. The lowest BCUT2D eigenvalue weighted by molar-refractivity contribution is 1.31. The first kappa shape index (κ1) is 18.5. The summed E-state index contributed by atoms with van der Waals surface area (Å²) in [5.41, 5.74) is 5.48. The summed E-state index contributed by atoms with van der Waals surface area (Å²) in [6.45, 7) is 4.15. The summed E-state index contributed by atoms with van der Waals surface area (Å²) in [7, 11) is 0. The zero-order chi connectivity index (χ0) is 18.7. The van der Waals surface area contributed by atoms with Gasteiger partial charge in [0.2, 0.25) is 0 Å². The molecule has 0 radical (unpaired) electrons. The van der Waals surface area contributed by atoms with Gasteiger partial charge in [0.05, 0.1) is 16.4 Å². The molecule has 3 rings (SSSR count). The van der Waals surface area contributed by atoms with Crippen molar-refractivity contribution in [1.82, 2.24) is 4.98 Å². The van der Waals surface area contributed by atoms with Crippen LogP contribution in [-0.4, -0.2) is 4.98 Å². The topological polar surface area (TPSA) is 48.7 Å². The number of hydrogen-bond acceptors (Lipinski definition) is 4. The van der Waals surface area contributed by atoms with E-state index >= 15 is 0 Å². The molecule has 130 valence electrons. The summed E-state index contributed by atoms with van der Waals surface area (Å²) in [5.74, 6) is 0. The largest absolute Gasteiger partial charge is 0.359 e. The van der Waals surface area contributed by atoms with Crippen LogP contribution in [0.5, 0.6) is 0 Å². The van der Waals surface area contributed by atoms with Crippen molar-refractivity contribution in [3.8, 4) is 17.3 Å². The van der Waals surface area contributed by atoms with E-state index in [0.29, 0.717) is 26.3 Å². The van der Waals surface area contributed by atoms with Gasteiger partial charge in [0.15, 0.2) is 0 Å². The van der Waals surface area contributed by atoms with Crippen molar-refractivity contribution < 1.29 is 0 Å². The second-order valence-corrected chi connectivity index (χ2v) is 7.48. The van der Waals surface area contributed by atoms with E-state index in [9.17, 15) is 5.26 Å². The lowest BCUT2D eigenvalue weighted by Gasteiger charge is -2.04. The van der Waals surface area contributed by atoms with Crippen LogP contribution in [0.15, 0.2) is 48.0 Å². The Hall–Kier alpha value is -2.32. The molecule has 26 heavy (non-hydrogen) atoms. The molecule has 0 aliphatic carbocycles. The second-order valence-electron chi connectivity index (χ2n) is 5.78. The molecule has 3 nitrogen and oxygen atoms in total. The standard InChI is InChI=1S/C20H15Cl2N3S/c1-12-3-4-14(7-13(12)2)19-11-26-20(25-19)15(9-23)10-24-18-6-5-16(21)8-17(18)22/h3-8,10-11,24H,1-2H3. The molecule has 0 bridgehead atoms. The van der Waals surface area contributed by atoms with Gasteiger partial charge in [-0.25, -0.2) is 4.98 Å². The fourth-order valence-corrected chi connectivity index (χ4v) is 3.59. The van der Waals surface area contributed by atoms with Crippen molar-refractivity contribution in [3.63, 3.8) is 0 Å². The highest BCUT2D eigenvalue weighted by atomic mass is 35.5. The number of hydrogen-bond donors (Lipinski definition) is 1. The fourth-order valence-electron chi connectivity index (χ4n) is 2.33. The van der Waals surface area contributed by atoms with E-state index in [0.717, 1.165) is 11.3 Å². The van der Waals surface area contributed by atoms with Crippen LogP contribution >= 0.6 is 34.5 Å². The third kappa shape index (κ3) is 4.08. The van der Waals surface area contributed by atoms with Gasteiger partial charge in [0, 0.05) is 22.2 Å². The average Bonchev–Trinajstić information content (AvgIpc) is 3.09. The van der Waals surface area contributed by atoms with E-state index in [-0.39, 0.29) is 0 Å². The molecule has 0 saturated heterocycles. The highest BCUT2D eigenvalue weighted by Gasteiger charge is 2.10. The highest BCUT2D eigenvalue weighted by Crippen LogP contribution is 2.29. The van der Waals surface area contributed by atoms with Gasteiger partial charge in [-0.3, -0.25) is 0 Å². The number of benzene rings is 2. The first-order valence-electron chi connectivity index (χ1n) is 7.83. The summed E-state index contributed by atoms with van der Waals surface area (Å²) in [6.07, 6.45) is 1.61. The van der Waals surface area contributed by atoms with Crippen LogP contribution in [0.2, 0.25) is 10.0 Å². The van der Waals surface area contributed by atoms with Crippen LogP contribution in [0, 0.1) is 25.2 Å². The number of nitrogens with zero attached hydrogens (tertiary/aromatic N) is 2. The van der Waals surface area contributed by atoms with Crippen molar-refractivity contribution in [2.75, 3.05) is 5.32 Å². The van der Waals surface area contributed by atoms with E-state index in [1.165, 1.54) is 22.5 Å². The first-order chi connectivity index (χ1) is 12.5. The lowest BCUT2D eigenvalue weighted by Crippen LogP contribution is -1.92. The van der Waals surface area contributed by atoms with Crippen LogP contribution in [0.25, 0.3) is 16.8 Å². The predicted molar refractivity (Wildman–Crippen MR) is 111 cm³/mol. The maximum absolute atomic E-state index is 9.49. The van der Waals surface area contributed by atoms with E-state index in [1.807, 2.05) is 11.4 Å². The smallest absolute Gasteiger partial charge is 0.136 e. The number of halogens is 2. The van der Waals surface area contributed by atoms with Gasteiger partial charge >= 0.3 is 0 Å². The molecule has 1 heterocycles. The van der Waals surface area contributed by atoms with Crippen molar-refractivity contribution >= 4 is 45.8 Å². The molecular formula is C20H15Cl2N3S. The number of rotatable bonds is 4. The monoisotopic (exact) mass is 399 g/mol. The number of aromatic nitrogens is 1. The van der Waals surface area contributed by atoms with Gasteiger partial charge in [-0.15, -0.1) is 11.3 Å². The maximum Gasteiger partial charge on any atom is 0.136 e. The Morgan fingerprint density at radius 2 is 1.96 bits per heavy atom. The van der Waals surface area contributed by atoms with Crippen LogP contribution in [0.3, 0.4) is 0 Å². The first-order valence-corrected chi connectivity index (χ1v) is 9.47. The Morgan fingerprint density at radius 1 is 1.15 bits per heavy atom. The Bertz CT molecular complexity index is 1030. The third-order valence-corrected chi connectivity index (χ3v) is 5.38. The van der Waals surface area contributed by atoms with Crippen molar-refractivity contribution in [3.05, 3.63) is 74.2 Å². The quantitative estimate of drug-likeness (QED) is 0.495. The maximum atomic E-state index is 9.49. The molecule has 0 saturated carbocycles. The highest BCUT2D eigenvalue weighted by molar-refractivity contribution is 7.11. The van der Waals surface area contributed by atoms with Crippen molar-refractivity contribution in [2.24, 2.45) is 0 Å². The summed E-state index contributed by atoms with van der Waals surface area (Å²) in [4.78, 5) is 4.60. The summed E-state index contributed by atoms with van der Waals surface area (Å²) in [5, 5.41) is 16.2. The molecule has 0 aliphatic rings. The lowest BCUT2D eigenvalue weighted by atomic mass is 10.1. The Kier molecular flexibility index (Phi) is 5.63. The molecule has 1 aromatic heterocycles. The molecule has 0 atom stereocenters. The van der Waals surface area contributed by atoms with Crippen molar-refractivity contribution in [1.29, 1.82) is 5.26 Å². The van der Waals surface area contributed by atoms with E-state index in [4.69, 9.17) is 23.2 Å². The second kappa shape index (κ2) is 7.92. The molecule has 0 fully saturated rings. The van der Waals surface area contributed by atoms with Crippen LogP contribution < -0.4 is 5.32 Å². The molecule has 3 aromatic rings. The number of thiazole rings is 1. The minimum Gasteiger partial charge on any atom is -0.359 e. The Labute approximate surface area is 166 Å². The van der Waals surface area contributed by atoms with Gasteiger partial charge < -0.3 is 5.32 Å². The number of allylic oxidation sites excluding steroid dienone is 1. The zero-order valence-corrected chi connectivity index (χ0v) is 16.5. The fraction of sp³-hybridized carbons (Fsp3) is 0.100. The Balaban J connectivity index is 1.86. The number of nitrogens with one attached hydrogen (secondary N) is 1. The Morgan fingerprint density at radius 3 is 2.65 bits per heavy atom. The van der Waals surface area contributed by atoms with Gasteiger partial charge in [-0.05, 0) is 49.2 Å². The van der Waals surface area contributed by atoms with Crippen LogP contribution in [-0.2, 0) is 0 Å². The summed E-state index contributed by atoms with van der Waals surface area (Å²) in [6, 6.07) is 13.6. The third-order valence-electron chi connectivity index (χ3n) is 3.96. The van der Waals surface area contributed by atoms with Crippen LogP contribution in [0.1, 0.15) is 16.1 Å².